The number of hydrogen-bond acceptors (Lipinski definition) is 4. The number of hydrogen-bond donors (Lipinski definition) is 2. The Kier molecular flexibility index (Phi) is 5.41. The summed E-state index contributed by atoms with van der Waals surface area (Å²) < 4.78 is 5.03. The highest BCUT2D eigenvalue weighted by molar-refractivity contribution is 6.39. The minimum atomic E-state index is -0.655. The van der Waals surface area contributed by atoms with Crippen molar-refractivity contribution in [1.29, 1.82) is 0 Å². The lowest BCUT2D eigenvalue weighted by Crippen LogP contribution is -2.41. The third kappa shape index (κ3) is 4.09. The minimum absolute atomic E-state index is 0.377. The van der Waals surface area contributed by atoms with Crippen LogP contribution in [0.1, 0.15) is 6.42 Å². The zero-order valence-corrected chi connectivity index (χ0v) is 12.6. The Morgan fingerprint density at radius 1 is 1.33 bits per heavy atom. The molecule has 6 nitrogen and oxygen atoms in total. The van der Waals surface area contributed by atoms with Crippen LogP contribution in [0, 0.1) is 0 Å². The molecule has 1 aromatic carbocycles. The number of ether oxygens (including phenoxy) is 1. The zero-order chi connectivity index (χ0) is 15.2. The first-order valence-electron chi connectivity index (χ1n) is 6.76. The van der Waals surface area contributed by atoms with Crippen molar-refractivity contribution in [2.45, 2.75) is 6.42 Å². The van der Waals surface area contributed by atoms with Crippen LogP contribution in [0.3, 0.4) is 0 Å². The normalized spacial score (nSPS) is 15.2. The number of anilines is 1. The number of carbonyl (C=O) groups excluding carboxylic acids is 2. The second kappa shape index (κ2) is 7.28. The minimum Gasteiger partial charge on any atom is -0.495 e. The average molecular weight is 312 g/mol. The number of methoxy groups -OCH3 is 1. The number of carbonyl (C=O) groups is 2. The van der Waals surface area contributed by atoms with E-state index in [-0.39, 0.29) is 0 Å². The van der Waals surface area contributed by atoms with Gasteiger partial charge in [-0.25, -0.2) is 0 Å². The number of nitrogens with one attached hydrogen (secondary N) is 2. The van der Waals surface area contributed by atoms with E-state index in [1.807, 2.05) is 0 Å². The molecule has 114 valence electrons. The predicted molar refractivity (Wildman–Crippen MR) is 80.7 cm³/mol. The SMILES string of the molecule is COc1ccc(NC(=O)C(=O)N2CCCNCC2)cc1Cl. The van der Waals surface area contributed by atoms with Crippen LogP contribution in [0.25, 0.3) is 0 Å². The maximum atomic E-state index is 12.1. The summed E-state index contributed by atoms with van der Waals surface area (Å²) in [5.74, 6) is -0.664. The molecule has 0 aromatic heterocycles. The Hall–Kier alpha value is -1.79. The summed E-state index contributed by atoms with van der Waals surface area (Å²) in [4.78, 5) is 25.6. The highest BCUT2D eigenvalue weighted by atomic mass is 35.5. The Morgan fingerprint density at radius 3 is 2.86 bits per heavy atom. The van der Waals surface area contributed by atoms with Gasteiger partial charge in [-0.3, -0.25) is 9.59 Å². The number of halogens is 1. The summed E-state index contributed by atoms with van der Waals surface area (Å²) in [6.07, 6.45) is 0.841. The molecule has 2 rings (SSSR count). The largest absolute Gasteiger partial charge is 0.495 e. The Balaban J connectivity index is 1.99. The van der Waals surface area contributed by atoms with Crippen LogP contribution in [0.5, 0.6) is 5.75 Å². The van der Waals surface area contributed by atoms with Crippen molar-refractivity contribution in [2.24, 2.45) is 0 Å². The van der Waals surface area contributed by atoms with Gasteiger partial charge in [-0.15, -0.1) is 0 Å². The number of rotatable bonds is 2. The topological polar surface area (TPSA) is 70.7 Å². The van der Waals surface area contributed by atoms with Crippen LogP contribution >= 0.6 is 11.6 Å². The van der Waals surface area contributed by atoms with Gasteiger partial charge in [0.05, 0.1) is 12.1 Å². The fraction of sp³-hybridized carbons (Fsp3) is 0.429. The van der Waals surface area contributed by atoms with Gasteiger partial charge in [0, 0.05) is 25.3 Å². The van der Waals surface area contributed by atoms with Crippen LogP contribution in [-0.4, -0.2) is 50.0 Å². The van der Waals surface area contributed by atoms with Gasteiger partial charge in [-0.05, 0) is 31.2 Å². The van der Waals surface area contributed by atoms with Crippen molar-refractivity contribution in [3.8, 4) is 5.75 Å². The molecule has 2 amide bonds. The Morgan fingerprint density at radius 2 is 2.14 bits per heavy atom. The molecule has 0 saturated carbocycles. The molecular weight excluding hydrogens is 294 g/mol. The van der Waals surface area contributed by atoms with E-state index in [0.717, 1.165) is 13.0 Å². The number of benzene rings is 1. The van der Waals surface area contributed by atoms with Gasteiger partial charge in [-0.1, -0.05) is 11.6 Å². The van der Waals surface area contributed by atoms with E-state index >= 15 is 0 Å². The first-order valence-corrected chi connectivity index (χ1v) is 7.14. The molecular formula is C14H18ClN3O3. The van der Waals surface area contributed by atoms with Crippen LogP contribution < -0.4 is 15.4 Å². The summed E-state index contributed by atoms with van der Waals surface area (Å²) in [6.45, 7) is 2.69. The van der Waals surface area contributed by atoms with Gasteiger partial charge in [0.25, 0.3) is 0 Å². The fourth-order valence-electron chi connectivity index (χ4n) is 2.12. The second-order valence-corrected chi connectivity index (χ2v) is 5.11. The van der Waals surface area contributed by atoms with Gasteiger partial charge in [0.1, 0.15) is 5.75 Å². The van der Waals surface area contributed by atoms with Crippen molar-refractivity contribution in [2.75, 3.05) is 38.6 Å². The van der Waals surface area contributed by atoms with Crippen molar-refractivity contribution in [3.63, 3.8) is 0 Å². The van der Waals surface area contributed by atoms with Gasteiger partial charge in [0.2, 0.25) is 0 Å². The lowest BCUT2D eigenvalue weighted by Gasteiger charge is -2.19. The molecule has 1 aliphatic heterocycles. The van der Waals surface area contributed by atoms with Gasteiger partial charge >= 0.3 is 11.8 Å². The highest BCUT2D eigenvalue weighted by Gasteiger charge is 2.22. The van der Waals surface area contributed by atoms with E-state index in [9.17, 15) is 9.59 Å². The quantitative estimate of drug-likeness (QED) is 0.803. The van der Waals surface area contributed by atoms with E-state index in [1.165, 1.54) is 7.11 Å². The molecule has 0 unspecified atom stereocenters. The van der Waals surface area contributed by atoms with Crippen molar-refractivity contribution in [1.82, 2.24) is 10.2 Å². The molecule has 21 heavy (non-hydrogen) atoms. The van der Waals surface area contributed by atoms with Gasteiger partial charge in [-0.2, -0.15) is 0 Å². The molecule has 1 fully saturated rings. The number of nitrogens with zero attached hydrogens (tertiary/aromatic N) is 1. The lowest BCUT2D eigenvalue weighted by molar-refractivity contribution is -0.143. The molecule has 1 aromatic rings. The number of amides is 2. The molecule has 0 atom stereocenters. The molecule has 1 saturated heterocycles. The zero-order valence-electron chi connectivity index (χ0n) is 11.8. The van der Waals surface area contributed by atoms with E-state index in [1.54, 1.807) is 23.1 Å². The van der Waals surface area contributed by atoms with E-state index in [2.05, 4.69) is 10.6 Å². The maximum absolute atomic E-state index is 12.1. The standard InChI is InChI=1S/C14H18ClN3O3/c1-21-12-4-3-10(9-11(12)15)17-13(19)14(20)18-7-2-5-16-6-8-18/h3-4,9,16H,2,5-8H2,1H3,(H,17,19). The lowest BCUT2D eigenvalue weighted by atomic mass is 10.3. The first-order chi connectivity index (χ1) is 10.1. The van der Waals surface area contributed by atoms with Crippen LogP contribution in [0.2, 0.25) is 5.02 Å². The molecule has 0 bridgehead atoms. The van der Waals surface area contributed by atoms with Crippen LogP contribution in [0.15, 0.2) is 18.2 Å². The maximum Gasteiger partial charge on any atom is 0.313 e. The molecule has 2 N–H and O–H groups in total. The van der Waals surface area contributed by atoms with E-state index < -0.39 is 11.8 Å². The fourth-order valence-corrected chi connectivity index (χ4v) is 2.38. The summed E-state index contributed by atoms with van der Waals surface area (Å²) >= 11 is 5.98. The molecule has 1 aliphatic rings. The van der Waals surface area contributed by atoms with Crippen LogP contribution in [0.4, 0.5) is 5.69 Å². The third-order valence-corrected chi connectivity index (χ3v) is 3.53. The molecule has 0 aliphatic carbocycles. The Labute approximate surface area is 128 Å². The summed E-state index contributed by atoms with van der Waals surface area (Å²) in [6, 6.07) is 4.83. The third-order valence-electron chi connectivity index (χ3n) is 3.23. The molecule has 0 spiro atoms. The van der Waals surface area contributed by atoms with Crippen molar-refractivity contribution >= 4 is 29.1 Å². The van der Waals surface area contributed by atoms with Crippen molar-refractivity contribution < 1.29 is 14.3 Å². The summed E-state index contributed by atoms with van der Waals surface area (Å²) in [5, 5.41) is 6.12. The molecule has 0 radical (unpaired) electrons. The first kappa shape index (κ1) is 15.6. The smallest absolute Gasteiger partial charge is 0.313 e. The monoisotopic (exact) mass is 311 g/mol. The predicted octanol–water partition coefficient (Wildman–Crippen LogP) is 1.11. The van der Waals surface area contributed by atoms with Gasteiger partial charge in [0.15, 0.2) is 0 Å². The average Bonchev–Trinajstić information content (AvgIpc) is 2.75. The highest BCUT2D eigenvalue weighted by Crippen LogP contribution is 2.27. The summed E-state index contributed by atoms with van der Waals surface area (Å²) in [5.41, 5.74) is 0.465. The molecule has 7 heteroatoms. The second-order valence-electron chi connectivity index (χ2n) is 4.70. The van der Waals surface area contributed by atoms with Crippen LogP contribution in [-0.2, 0) is 9.59 Å². The van der Waals surface area contributed by atoms with E-state index in [4.69, 9.17) is 16.3 Å². The molecule has 1 heterocycles. The van der Waals surface area contributed by atoms with E-state index in [0.29, 0.717) is 36.1 Å². The van der Waals surface area contributed by atoms with Gasteiger partial charge < -0.3 is 20.3 Å². The summed E-state index contributed by atoms with van der Waals surface area (Å²) in [7, 11) is 1.51. The van der Waals surface area contributed by atoms with Crippen molar-refractivity contribution in [3.05, 3.63) is 23.2 Å². The Bertz CT molecular complexity index is 528.